The molecule has 2 atom stereocenters. The van der Waals surface area contributed by atoms with Gasteiger partial charge in [0.1, 0.15) is 11.9 Å². The summed E-state index contributed by atoms with van der Waals surface area (Å²) < 4.78 is 5.39. The van der Waals surface area contributed by atoms with Gasteiger partial charge in [-0.05, 0) is 18.9 Å². The second-order valence-electron chi connectivity index (χ2n) is 3.62. The van der Waals surface area contributed by atoms with Crippen molar-refractivity contribution in [1.82, 2.24) is 4.98 Å². The SMILES string of the molecule is Nc1ncc(Cl)cc1C(O)C1CCCO1. The monoisotopic (exact) mass is 228 g/mol. The molecule has 0 amide bonds. The Kier molecular flexibility index (Phi) is 3.09. The molecular weight excluding hydrogens is 216 g/mol. The molecule has 1 aliphatic rings. The van der Waals surface area contributed by atoms with Crippen molar-refractivity contribution in [2.24, 2.45) is 0 Å². The van der Waals surface area contributed by atoms with Gasteiger partial charge in [-0.1, -0.05) is 11.6 Å². The molecule has 82 valence electrons. The van der Waals surface area contributed by atoms with Crippen LogP contribution in [0.4, 0.5) is 5.82 Å². The predicted molar refractivity (Wildman–Crippen MR) is 57.6 cm³/mol. The van der Waals surface area contributed by atoms with Gasteiger partial charge in [0.05, 0.1) is 11.1 Å². The van der Waals surface area contributed by atoms with E-state index in [1.54, 1.807) is 6.07 Å². The molecule has 0 radical (unpaired) electrons. The van der Waals surface area contributed by atoms with Gasteiger partial charge in [0, 0.05) is 18.4 Å². The summed E-state index contributed by atoms with van der Waals surface area (Å²) in [5.74, 6) is 0.308. The van der Waals surface area contributed by atoms with Gasteiger partial charge in [0.25, 0.3) is 0 Å². The van der Waals surface area contributed by atoms with Crippen molar-refractivity contribution in [2.75, 3.05) is 12.3 Å². The molecule has 0 saturated carbocycles. The first-order chi connectivity index (χ1) is 7.18. The van der Waals surface area contributed by atoms with Crippen LogP contribution in [0.25, 0.3) is 0 Å². The number of rotatable bonds is 2. The van der Waals surface area contributed by atoms with Crippen LogP contribution in [-0.2, 0) is 4.74 Å². The lowest BCUT2D eigenvalue weighted by molar-refractivity contribution is -0.00234. The Balaban J connectivity index is 2.23. The predicted octanol–water partition coefficient (Wildman–Crippen LogP) is 1.53. The van der Waals surface area contributed by atoms with Gasteiger partial charge in [-0.25, -0.2) is 4.98 Å². The van der Waals surface area contributed by atoms with E-state index >= 15 is 0 Å². The minimum absolute atomic E-state index is 0.187. The number of nitrogen functional groups attached to an aromatic ring is 1. The summed E-state index contributed by atoms with van der Waals surface area (Å²) in [4.78, 5) is 3.90. The Labute approximate surface area is 93.0 Å². The first-order valence-electron chi connectivity index (χ1n) is 4.89. The van der Waals surface area contributed by atoms with Crippen LogP contribution in [0.3, 0.4) is 0 Å². The average molecular weight is 229 g/mol. The van der Waals surface area contributed by atoms with Gasteiger partial charge < -0.3 is 15.6 Å². The highest BCUT2D eigenvalue weighted by molar-refractivity contribution is 6.30. The van der Waals surface area contributed by atoms with Crippen molar-refractivity contribution in [3.63, 3.8) is 0 Å². The molecule has 0 aliphatic carbocycles. The second kappa shape index (κ2) is 4.35. The molecule has 2 rings (SSSR count). The Morgan fingerprint density at radius 1 is 1.67 bits per heavy atom. The van der Waals surface area contributed by atoms with E-state index in [2.05, 4.69) is 4.98 Å². The number of aromatic nitrogens is 1. The lowest BCUT2D eigenvalue weighted by Crippen LogP contribution is -2.18. The van der Waals surface area contributed by atoms with E-state index in [9.17, 15) is 5.11 Å². The first kappa shape index (κ1) is 10.7. The van der Waals surface area contributed by atoms with E-state index in [1.165, 1.54) is 6.20 Å². The van der Waals surface area contributed by atoms with Gasteiger partial charge >= 0.3 is 0 Å². The quantitative estimate of drug-likeness (QED) is 0.806. The highest BCUT2D eigenvalue weighted by Crippen LogP contribution is 2.30. The molecule has 2 heterocycles. The second-order valence-corrected chi connectivity index (χ2v) is 4.06. The number of hydrogen-bond acceptors (Lipinski definition) is 4. The summed E-state index contributed by atoms with van der Waals surface area (Å²) in [5.41, 5.74) is 6.22. The third-order valence-electron chi connectivity index (χ3n) is 2.55. The maximum atomic E-state index is 10.0. The third-order valence-corrected chi connectivity index (χ3v) is 2.76. The molecule has 2 unspecified atom stereocenters. The summed E-state index contributed by atoms with van der Waals surface area (Å²) in [6.45, 7) is 0.690. The zero-order chi connectivity index (χ0) is 10.8. The summed E-state index contributed by atoms with van der Waals surface area (Å²) in [6, 6.07) is 1.64. The number of anilines is 1. The molecule has 4 nitrogen and oxygen atoms in total. The van der Waals surface area contributed by atoms with E-state index in [1.807, 2.05) is 0 Å². The van der Waals surface area contributed by atoms with E-state index < -0.39 is 6.10 Å². The Morgan fingerprint density at radius 3 is 3.13 bits per heavy atom. The van der Waals surface area contributed by atoms with Crippen molar-refractivity contribution in [3.8, 4) is 0 Å². The molecule has 1 aromatic rings. The summed E-state index contributed by atoms with van der Waals surface area (Å²) in [6.07, 6.45) is 2.34. The molecule has 5 heteroatoms. The highest BCUT2D eigenvalue weighted by atomic mass is 35.5. The Hall–Kier alpha value is -0.840. The number of nitrogens with zero attached hydrogens (tertiary/aromatic N) is 1. The molecular formula is C10H13ClN2O2. The number of nitrogens with two attached hydrogens (primary N) is 1. The van der Waals surface area contributed by atoms with Crippen molar-refractivity contribution < 1.29 is 9.84 Å². The van der Waals surface area contributed by atoms with Crippen LogP contribution in [0, 0.1) is 0 Å². The molecule has 3 N–H and O–H groups in total. The molecule has 0 aromatic carbocycles. The number of halogens is 1. The van der Waals surface area contributed by atoms with E-state index in [-0.39, 0.29) is 6.10 Å². The normalized spacial score (nSPS) is 22.9. The standard InChI is InChI=1S/C10H13ClN2O2/c11-6-4-7(10(12)13-5-6)9(14)8-2-1-3-15-8/h4-5,8-9,14H,1-3H2,(H2,12,13). The summed E-state index contributed by atoms with van der Waals surface area (Å²) >= 11 is 5.80. The van der Waals surface area contributed by atoms with Gasteiger partial charge in [0.2, 0.25) is 0 Å². The molecule has 0 spiro atoms. The smallest absolute Gasteiger partial charge is 0.129 e. The fourth-order valence-corrected chi connectivity index (χ4v) is 1.92. The first-order valence-corrected chi connectivity index (χ1v) is 5.27. The van der Waals surface area contributed by atoms with Crippen molar-refractivity contribution in [3.05, 3.63) is 22.8 Å². The molecule has 15 heavy (non-hydrogen) atoms. The van der Waals surface area contributed by atoms with Crippen LogP contribution < -0.4 is 5.73 Å². The summed E-state index contributed by atoms with van der Waals surface area (Å²) in [7, 11) is 0. The maximum absolute atomic E-state index is 10.0. The van der Waals surface area contributed by atoms with Crippen LogP contribution in [0.15, 0.2) is 12.3 Å². The van der Waals surface area contributed by atoms with E-state index in [4.69, 9.17) is 22.1 Å². The van der Waals surface area contributed by atoms with Gasteiger partial charge in [-0.2, -0.15) is 0 Å². The fraction of sp³-hybridized carbons (Fsp3) is 0.500. The molecule has 1 aliphatic heterocycles. The highest BCUT2D eigenvalue weighted by Gasteiger charge is 2.27. The van der Waals surface area contributed by atoms with Crippen molar-refractivity contribution in [1.29, 1.82) is 0 Å². The van der Waals surface area contributed by atoms with E-state index in [0.717, 1.165) is 12.8 Å². The zero-order valence-corrected chi connectivity index (χ0v) is 8.94. The third kappa shape index (κ3) is 2.22. The van der Waals surface area contributed by atoms with Gasteiger partial charge in [0.15, 0.2) is 0 Å². The van der Waals surface area contributed by atoms with Gasteiger partial charge in [-0.15, -0.1) is 0 Å². The van der Waals surface area contributed by atoms with Crippen LogP contribution >= 0.6 is 11.6 Å². The lowest BCUT2D eigenvalue weighted by atomic mass is 10.0. The van der Waals surface area contributed by atoms with Crippen LogP contribution in [-0.4, -0.2) is 22.8 Å². The van der Waals surface area contributed by atoms with Crippen LogP contribution in [0.2, 0.25) is 5.02 Å². The fourth-order valence-electron chi connectivity index (χ4n) is 1.75. The molecule has 1 fully saturated rings. The number of ether oxygens (including phenoxy) is 1. The number of aliphatic hydroxyl groups is 1. The number of aliphatic hydroxyl groups excluding tert-OH is 1. The topological polar surface area (TPSA) is 68.4 Å². The minimum atomic E-state index is -0.737. The van der Waals surface area contributed by atoms with E-state index in [0.29, 0.717) is 23.0 Å². The molecule has 1 saturated heterocycles. The Bertz CT molecular complexity index is 353. The zero-order valence-electron chi connectivity index (χ0n) is 8.19. The average Bonchev–Trinajstić information content (AvgIpc) is 2.74. The van der Waals surface area contributed by atoms with Crippen molar-refractivity contribution in [2.45, 2.75) is 25.0 Å². The van der Waals surface area contributed by atoms with Gasteiger partial charge in [-0.3, -0.25) is 0 Å². The summed E-state index contributed by atoms with van der Waals surface area (Å²) in [5, 5.41) is 10.5. The number of pyridine rings is 1. The minimum Gasteiger partial charge on any atom is -0.386 e. The molecule has 1 aromatic heterocycles. The van der Waals surface area contributed by atoms with Crippen molar-refractivity contribution >= 4 is 17.4 Å². The Morgan fingerprint density at radius 2 is 2.47 bits per heavy atom. The van der Waals surface area contributed by atoms with Crippen LogP contribution in [0.5, 0.6) is 0 Å². The number of hydrogen-bond donors (Lipinski definition) is 2. The van der Waals surface area contributed by atoms with Crippen LogP contribution in [0.1, 0.15) is 24.5 Å². The maximum Gasteiger partial charge on any atom is 0.129 e. The lowest BCUT2D eigenvalue weighted by Gasteiger charge is -2.18. The largest absolute Gasteiger partial charge is 0.386 e. The molecule has 0 bridgehead atoms.